The SMILES string of the molecule is COc1cc(NC(C(=O)N2CCc3ccc(C(C)(F)F)cc32)c2ccc(Cl)cc2F)cc(OCCCC(=O)O)c1. The molecule has 40 heavy (non-hydrogen) atoms. The fourth-order valence-electron chi connectivity index (χ4n) is 4.48. The number of alkyl halides is 2. The number of hydrogen-bond donors (Lipinski definition) is 2. The molecule has 11 heteroatoms. The Labute approximate surface area is 234 Å². The second-order valence-electron chi connectivity index (χ2n) is 9.46. The molecule has 3 aromatic rings. The molecule has 212 valence electrons. The number of ether oxygens (including phenoxy) is 2. The summed E-state index contributed by atoms with van der Waals surface area (Å²) < 4.78 is 54.4. The smallest absolute Gasteiger partial charge is 0.303 e. The monoisotopic (exact) mass is 576 g/mol. The number of carbonyl (C=O) groups excluding carboxylic acids is 1. The third-order valence-corrected chi connectivity index (χ3v) is 6.74. The molecule has 0 saturated carbocycles. The van der Waals surface area contributed by atoms with Gasteiger partial charge in [0.05, 0.1) is 13.7 Å². The van der Waals surface area contributed by atoms with E-state index in [2.05, 4.69) is 5.32 Å². The molecule has 0 aromatic heterocycles. The third-order valence-electron chi connectivity index (χ3n) is 6.50. The molecule has 4 rings (SSSR count). The first kappa shape index (κ1) is 29.1. The Balaban J connectivity index is 1.69. The standard InChI is InChI=1S/C29H28ClF3N2O5/c1-29(32,33)18-6-5-17-9-10-35(25(17)12-18)28(38)27(23-8-7-19(30)13-24(23)31)34-20-14-21(39-2)16-22(15-20)40-11-3-4-26(36)37/h5-8,12-16,27,34H,3-4,9-11H2,1-2H3,(H,36,37). The highest BCUT2D eigenvalue weighted by atomic mass is 35.5. The van der Waals surface area contributed by atoms with Crippen LogP contribution in [-0.2, 0) is 21.9 Å². The average Bonchev–Trinajstić information content (AvgIpc) is 3.32. The lowest BCUT2D eigenvalue weighted by atomic mass is 10.0. The van der Waals surface area contributed by atoms with E-state index in [1.807, 2.05) is 0 Å². The summed E-state index contributed by atoms with van der Waals surface area (Å²) in [6, 6.07) is 11.7. The van der Waals surface area contributed by atoms with Gasteiger partial charge in [0.25, 0.3) is 11.8 Å². The van der Waals surface area contributed by atoms with Crippen molar-refractivity contribution in [3.05, 3.63) is 82.1 Å². The van der Waals surface area contributed by atoms with E-state index in [4.69, 9.17) is 26.2 Å². The fourth-order valence-corrected chi connectivity index (χ4v) is 4.64. The van der Waals surface area contributed by atoms with Gasteiger partial charge in [0.1, 0.15) is 23.4 Å². The topological polar surface area (TPSA) is 88.1 Å². The maximum Gasteiger partial charge on any atom is 0.303 e. The van der Waals surface area contributed by atoms with Crippen molar-refractivity contribution < 1.29 is 37.3 Å². The van der Waals surface area contributed by atoms with Gasteiger partial charge in [-0.05, 0) is 36.6 Å². The summed E-state index contributed by atoms with van der Waals surface area (Å²) in [4.78, 5) is 26.1. The normalized spacial score (nSPS) is 13.5. The maximum absolute atomic E-state index is 15.2. The summed E-state index contributed by atoms with van der Waals surface area (Å²) in [7, 11) is 1.44. The van der Waals surface area contributed by atoms with Gasteiger partial charge in [-0.3, -0.25) is 9.59 Å². The number of benzene rings is 3. The Morgan fingerprint density at radius 3 is 2.55 bits per heavy atom. The highest BCUT2D eigenvalue weighted by Crippen LogP contribution is 2.38. The first-order valence-electron chi connectivity index (χ1n) is 12.5. The lowest BCUT2D eigenvalue weighted by Crippen LogP contribution is -2.37. The van der Waals surface area contributed by atoms with Crippen molar-refractivity contribution in [2.24, 2.45) is 0 Å². The summed E-state index contributed by atoms with van der Waals surface area (Å²) in [6.45, 7) is 1.14. The van der Waals surface area contributed by atoms with E-state index in [1.54, 1.807) is 24.3 Å². The largest absolute Gasteiger partial charge is 0.497 e. The summed E-state index contributed by atoms with van der Waals surface area (Å²) in [5.74, 6) is -4.60. The highest BCUT2D eigenvalue weighted by Gasteiger charge is 2.35. The molecule has 3 aromatic carbocycles. The van der Waals surface area contributed by atoms with Crippen LogP contribution >= 0.6 is 11.6 Å². The number of hydrogen-bond acceptors (Lipinski definition) is 5. The van der Waals surface area contributed by atoms with E-state index in [1.165, 1.54) is 36.3 Å². The lowest BCUT2D eigenvalue weighted by Gasteiger charge is -2.27. The van der Waals surface area contributed by atoms with Crippen LogP contribution in [0.1, 0.15) is 42.5 Å². The van der Waals surface area contributed by atoms with Crippen molar-refractivity contribution in [1.82, 2.24) is 0 Å². The van der Waals surface area contributed by atoms with Crippen molar-refractivity contribution in [2.75, 3.05) is 30.5 Å². The number of aliphatic carboxylic acids is 1. The Bertz CT molecular complexity index is 1410. The van der Waals surface area contributed by atoms with Gasteiger partial charge in [0, 0.05) is 65.6 Å². The van der Waals surface area contributed by atoms with Crippen molar-refractivity contribution in [3.8, 4) is 11.5 Å². The molecule has 1 amide bonds. The Hall–Kier alpha value is -3.92. The average molecular weight is 577 g/mol. The zero-order chi connectivity index (χ0) is 29.0. The summed E-state index contributed by atoms with van der Waals surface area (Å²) in [5, 5.41) is 12.0. The molecule has 0 saturated heterocycles. The van der Waals surface area contributed by atoms with Gasteiger partial charge in [-0.1, -0.05) is 29.8 Å². The van der Waals surface area contributed by atoms with Gasteiger partial charge in [-0.2, -0.15) is 0 Å². The molecule has 1 aliphatic heterocycles. The molecule has 1 unspecified atom stereocenters. The molecule has 0 bridgehead atoms. The van der Waals surface area contributed by atoms with E-state index >= 15 is 4.39 Å². The number of nitrogens with zero attached hydrogens (tertiary/aromatic N) is 1. The lowest BCUT2D eigenvalue weighted by molar-refractivity contribution is -0.137. The van der Waals surface area contributed by atoms with Gasteiger partial charge in [-0.25, -0.2) is 13.2 Å². The maximum atomic E-state index is 15.2. The highest BCUT2D eigenvalue weighted by molar-refractivity contribution is 6.30. The zero-order valence-corrected chi connectivity index (χ0v) is 22.6. The molecule has 0 spiro atoms. The van der Waals surface area contributed by atoms with E-state index in [0.717, 1.165) is 18.6 Å². The van der Waals surface area contributed by atoms with Gasteiger partial charge in [-0.15, -0.1) is 0 Å². The predicted octanol–water partition coefficient (Wildman–Crippen LogP) is 6.59. The van der Waals surface area contributed by atoms with Crippen LogP contribution < -0.4 is 19.7 Å². The number of carbonyl (C=O) groups is 2. The molecule has 1 heterocycles. The van der Waals surface area contributed by atoms with Crippen LogP contribution in [-0.4, -0.2) is 37.2 Å². The third kappa shape index (κ3) is 6.80. The van der Waals surface area contributed by atoms with Gasteiger partial charge < -0.3 is 24.8 Å². The minimum absolute atomic E-state index is 0.00609. The van der Waals surface area contributed by atoms with Gasteiger partial charge >= 0.3 is 5.97 Å². The molecule has 1 aliphatic rings. The zero-order valence-electron chi connectivity index (χ0n) is 21.8. The first-order valence-corrected chi connectivity index (χ1v) is 12.9. The molecule has 2 N–H and O–H groups in total. The number of rotatable bonds is 11. The number of halogens is 4. The number of methoxy groups -OCH3 is 1. The minimum Gasteiger partial charge on any atom is -0.497 e. The number of carboxylic acid groups (broad SMARTS) is 1. The van der Waals surface area contributed by atoms with Crippen LogP contribution in [0.4, 0.5) is 24.5 Å². The molecular formula is C29H28ClF3N2O5. The Morgan fingerprint density at radius 2 is 1.88 bits per heavy atom. The Kier molecular flexibility index (Phi) is 8.78. The quantitative estimate of drug-likeness (QED) is 0.251. The Morgan fingerprint density at radius 1 is 1.12 bits per heavy atom. The van der Waals surface area contributed by atoms with Crippen LogP contribution in [0, 0.1) is 5.82 Å². The number of amides is 1. The molecule has 1 atom stereocenters. The molecular weight excluding hydrogens is 549 g/mol. The van der Waals surface area contributed by atoms with Crippen LogP contribution in [0.15, 0.2) is 54.6 Å². The minimum atomic E-state index is -3.10. The van der Waals surface area contributed by atoms with E-state index in [-0.39, 0.29) is 42.1 Å². The number of carboxylic acids is 1. The number of anilines is 2. The van der Waals surface area contributed by atoms with Gasteiger partial charge in [0.2, 0.25) is 0 Å². The summed E-state index contributed by atoms with van der Waals surface area (Å²) >= 11 is 5.96. The second kappa shape index (κ2) is 12.1. The van der Waals surface area contributed by atoms with Crippen molar-refractivity contribution >= 4 is 34.9 Å². The molecule has 0 radical (unpaired) electrons. The number of nitrogens with one attached hydrogen (secondary N) is 1. The van der Waals surface area contributed by atoms with Crippen LogP contribution in [0.3, 0.4) is 0 Å². The molecule has 0 aliphatic carbocycles. The summed E-state index contributed by atoms with van der Waals surface area (Å²) in [5.41, 5.74) is 1.21. The summed E-state index contributed by atoms with van der Waals surface area (Å²) in [6.07, 6.45) is 0.671. The first-order chi connectivity index (χ1) is 19.0. The van der Waals surface area contributed by atoms with Crippen LogP contribution in [0.25, 0.3) is 0 Å². The molecule has 0 fully saturated rings. The van der Waals surface area contributed by atoms with Gasteiger partial charge in [0.15, 0.2) is 0 Å². The van der Waals surface area contributed by atoms with Crippen LogP contribution in [0.5, 0.6) is 11.5 Å². The number of fused-ring (bicyclic) bond motifs is 1. The second-order valence-corrected chi connectivity index (χ2v) is 9.89. The van der Waals surface area contributed by atoms with Crippen molar-refractivity contribution in [2.45, 2.75) is 38.2 Å². The van der Waals surface area contributed by atoms with E-state index in [9.17, 15) is 18.4 Å². The molecule has 7 nitrogen and oxygen atoms in total. The van der Waals surface area contributed by atoms with E-state index < -0.39 is 29.7 Å². The van der Waals surface area contributed by atoms with Crippen molar-refractivity contribution in [3.63, 3.8) is 0 Å². The fraction of sp³-hybridized carbons (Fsp3) is 0.310. The van der Waals surface area contributed by atoms with Crippen LogP contribution in [0.2, 0.25) is 5.02 Å². The predicted molar refractivity (Wildman–Crippen MR) is 145 cm³/mol. The van der Waals surface area contributed by atoms with E-state index in [0.29, 0.717) is 29.3 Å². The van der Waals surface area contributed by atoms with Crippen molar-refractivity contribution in [1.29, 1.82) is 0 Å².